The van der Waals surface area contributed by atoms with Crippen molar-refractivity contribution in [3.8, 4) is 0 Å². The first-order valence-electron chi connectivity index (χ1n) is 13.9. The number of allylic oxidation sites excluding steroid dienone is 2. The fraction of sp³-hybridized carbons (Fsp3) is 0.786. The van der Waals surface area contributed by atoms with E-state index in [0.29, 0.717) is 6.42 Å². The summed E-state index contributed by atoms with van der Waals surface area (Å²) in [6, 6.07) is -1.93. The number of carboxylic acid groups (broad SMARTS) is 1. The summed E-state index contributed by atoms with van der Waals surface area (Å²) in [5.41, 5.74) is 0. The molecule has 0 radical (unpaired) electrons. The second-order valence-electron chi connectivity index (χ2n) is 9.97. The molecule has 0 saturated carbocycles. The molecule has 2 atom stereocenters. The van der Waals surface area contributed by atoms with Gasteiger partial charge in [0.25, 0.3) is 0 Å². The minimum atomic E-state index is -1.13. The maximum absolute atomic E-state index is 12.1. The summed E-state index contributed by atoms with van der Waals surface area (Å²) in [6.07, 6.45) is 20.5. The van der Waals surface area contributed by atoms with Crippen LogP contribution in [0.5, 0.6) is 0 Å². The minimum Gasteiger partial charge on any atom is -0.480 e. The zero-order valence-electron chi connectivity index (χ0n) is 23.1. The number of hydrogen-bond donors (Lipinski definition) is 4. The molecule has 0 aromatic heterocycles. The lowest BCUT2D eigenvalue weighted by Gasteiger charge is -2.21. The number of unbranched alkanes of at least 4 members (excludes halogenated alkanes) is 11. The lowest BCUT2D eigenvalue weighted by Crippen LogP contribution is -2.53. The summed E-state index contributed by atoms with van der Waals surface area (Å²) in [7, 11) is 0. The summed E-state index contributed by atoms with van der Waals surface area (Å²) in [4.78, 5) is 47.3. The molecular formula is C28H51N3O5. The third-order valence-corrected chi connectivity index (χ3v) is 6.11. The third kappa shape index (κ3) is 18.9. The monoisotopic (exact) mass is 509 g/mol. The molecule has 3 amide bonds. The second kappa shape index (κ2) is 21.9. The van der Waals surface area contributed by atoms with E-state index in [1.54, 1.807) is 13.8 Å². The summed E-state index contributed by atoms with van der Waals surface area (Å²) in [5.74, 6) is -2.67. The Bertz CT molecular complexity index is 664. The maximum Gasteiger partial charge on any atom is 0.326 e. The van der Waals surface area contributed by atoms with Gasteiger partial charge in [0.1, 0.15) is 12.1 Å². The molecule has 0 spiro atoms. The van der Waals surface area contributed by atoms with Gasteiger partial charge in [-0.05, 0) is 44.9 Å². The minimum absolute atomic E-state index is 0.189. The average Bonchev–Trinajstić information content (AvgIpc) is 2.82. The van der Waals surface area contributed by atoms with Gasteiger partial charge in [-0.1, -0.05) is 84.3 Å². The molecule has 0 saturated heterocycles. The van der Waals surface area contributed by atoms with Crippen LogP contribution in [0.4, 0.5) is 0 Å². The highest BCUT2D eigenvalue weighted by molar-refractivity contribution is 5.91. The number of hydrogen-bond acceptors (Lipinski definition) is 4. The first-order valence-corrected chi connectivity index (χ1v) is 13.9. The molecule has 8 heteroatoms. The van der Waals surface area contributed by atoms with Gasteiger partial charge in [0.05, 0.1) is 6.54 Å². The predicted molar refractivity (Wildman–Crippen MR) is 144 cm³/mol. The Hall–Kier alpha value is -2.38. The second-order valence-corrected chi connectivity index (χ2v) is 9.97. The number of carbonyl (C=O) groups is 4. The highest BCUT2D eigenvalue weighted by Crippen LogP contribution is 2.10. The highest BCUT2D eigenvalue weighted by atomic mass is 16.4. The molecule has 0 unspecified atom stereocenters. The number of aliphatic carboxylic acids is 1. The van der Waals surface area contributed by atoms with E-state index in [-0.39, 0.29) is 18.4 Å². The Morgan fingerprint density at radius 3 is 1.78 bits per heavy atom. The van der Waals surface area contributed by atoms with Crippen LogP contribution in [0.25, 0.3) is 0 Å². The van der Waals surface area contributed by atoms with Gasteiger partial charge < -0.3 is 21.1 Å². The molecular weight excluding hydrogens is 458 g/mol. The molecule has 0 bridgehead atoms. The quantitative estimate of drug-likeness (QED) is 0.122. The van der Waals surface area contributed by atoms with Crippen molar-refractivity contribution in [3.05, 3.63) is 12.2 Å². The fourth-order valence-corrected chi connectivity index (χ4v) is 3.77. The molecule has 0 fully saturated rings. The summed E-state index contributed by atoms with van der Waals surface area (Å²) < 4.78 is 0. The number of amides is 3. The van der Waals surface area contributed by atoms with Gasteiger partial charge in [-0.15, -0.1) is 0 Å². The van der Waals surface area contributed by atoms with Gasteiger partial charge in [0, 0.05) is 6.42 Å². The van der Waals surface area contributed by atoms with E-state index in [0.717, 1.165) is 32.1 Å². The van der Waals surface area contributed by atoms with Crippen LogP contribution in [-0.2, 0) is 19.2 Å². The molecule has 0 rings (SSSR count). The predicted octanol–water partition coefficient (Wildman–Crippen LogP) is 4.87. The van der Waals surface area contributed by atoms with Crippen molar-refractivity contribution in [1.29, 1.82) is 0 Å². The first-order chi connectivity index (χ1) is 17.2. The number of carbonyl (C=O) groups excluding carboxylic acids is 3. The Labute approximate surface area is 218 Å². The molecule has 4 N–H and O–H groups in total. The normalized spacial score (nSPS) is 12.9. The highest BCUT2D eigenvalue weighted by Gasteiger charge is 2.26. The molecule has 0 aliphatic rings. The summed E-state index contributed by atoms with van der Waals surface area (Å²) in [5, 5.41) is 16.6. The van der Waals surface area contributed by atoms with E-state index < -0.39 is 29.9 Å². The summed E-state index contributed by atoms with van der Waals surface area (Å²) in [6.45, 7) is 6.88. The van der Waals surface area contributed by atoms with Crippen LogP contribution in [0.1, 0.15) is 118 Å². The van der Waals surface area contributed by atoms with E-state index in [1.165, 1.54) is 58.3 Å². The molecule has 0 aromatic carbocycles. The van der Waals surface area contributed by atoms with Crippen molar-refractivity contribution in [3.63, 3.8) is 0 Å². The maximum atomic E-state index is 12.1. The van der Waals surface area contributed by atoms with E-state index in [1.807, 2.05) is 0 Å². The van der Waals surface area contributed by atoms with Crippen molar-refractivity contribution >= 4 is 23.7 Å². The van der Waals surface area contributed by atoms with E-state index >= 15 is 0 Å². The fourth-order valence-electron chi connectivity index (χ4n) is 3.77. The Morgan fingerprint density at radius 2 is 1.25 bits per heavy atom. The van der Waals surface area contributed by atoms with E-state index in [9.17, 15) is 19.2 Å². The molecule has 8 nitrogen and oxygen atoms in total. The van der Waals surface area contributed by atoms with Crippen molar-refractivity contribution in [2.45, 2.75) is 130 Å². The van der Waals surface area contributed by atoms with Crippen LogP contribution < -0.4 is 16.0 Å². The van der Waals surface area contributed by atoms with Gasteiger partial charge in [-0.3, -0.25) is 14.4 Å². The number of nitrogens with one attached hydrogen (secondary N) is 3. The van der Waals surface area contributed by atoms with Crippen LogP contribution in [-0.4, -0.2) is 47.4 Å². The van der Waals surface area contributed by atoms with Gasteiger partial charge in [-0.25, -0.2) is 4.79 Å². The van der Waals surface area contributed by atoms with Crippen molar-refractivity contribution in [2.75, 3.05) is 6.54 Å². The van der Waals surface area contributed by atoms with Crippen molar-refractivity contribution < 1.29 is 24.3 Å². The summed E-state index contributed by atoms with van der Waals surface area (Å²) >= 11 is 0. The molecule has 0 aromatic rings. The molecule has 36 heavy (non-hydrogen) atoms. The van der Waals surface area contributed by atoms with Crippen LogP contribution in [0.15, 0.2) is 12.2 Å². The Balaban J connectivity index is 3.75. The first kappa shape index (κ1) is 33.6. The van der Waals surface area contributed by atoms with Gasteiger partial charge >= 0.3 is 5.97 Å². The zero-order chi connectivity index (χ0) is 27.2. The Kier molecular flexibility index (Phi) is 20.4. The Morgan fingerprint density at radius 1 is 0.722 bits per heavy atom. The van der Waals surface area contributed by atoms with Crippen LogP contribution in [0.2, 0.25) is 0 Å². The van der Waals surface area contributed by atoms with Crippen LogP contribution in [0.3, 0.4) is 0 Å². The lowest BCUT2D eigenvalue weighted by molar-refractivity contribution is -0.143. The van der Waals surface area contributed by atoms with Crippen molar-refractivity contribution in [2.24, 2.45) is 5.92 Å². The van der Waals surface area contributed by atoms with Crippen molar-refractivity contribution in [1.82, 2.24) is 16.0 Å². The standard InChI is InChI=1S/C28H51N3O5/c1-5-6-7-8-9-10-11-12-13-14-15-16-17-18-19-20-24(32)29-21-25(33)30-23(4)27(34)31-26(22(2)3)28(35)36/h12-13,22-23,26H,5-11,14-21H2,1-4H3,(H,29,32)(H,30,33)(H,31,34)(H,35,36)/b13-12-/t23-,26-/m0/s1. The SMILES string of the molecule is CCCCCCCC/C=C\CCCCCCCC(=O)NCC(=O)N[C@@H](C)C(=O)N[C@H](C(=O)O)C(C)C. The molecule has 0 aliphatic carbocycles. The van der Waals surface area contributed by atoms with Gasteiger partial charge in [-0.2, -0.15) is 0 Å². The van der Waals surface area contributed by atoms with Gasteiger partial charge in [0.15, 0.2) is 0 Å². The average molecular weight is 510 g/mol. The van der Waals surface area contributed by atoms with E-state index in [4.69, 9.17) is 5.11 Å². The lowest BCUT2D eigenvalue weighted by atomic mass is 10.0. The number of carboxylic acids is 1. The topological polar surface area (TPSA) is 125 Å². The van der Waals surface area contributed by atoms with E-state index in [2.05, 4.69) is 35.0 Å². The zero-order valence-corrected chi connectivity index (χ0v) is 23.1. The number of rotatable bonds is 22. The molecule has 0 heterocycles. The van der Waals surface area contributed by atoms with Gasteiger partial charge in [0.2, 0.25) is 17.7 Å². The smallest absolute Gasteiger partial charge is 0.326 e. The van der Waals surface area contributed by atoms with Crippen LogP contribution >= 0.6 is 0 Å². The third-order valence-electron chi connectivity index (χ3n) is 6.11. The van der Waals surface area contributed by atoms with Crippen LogP contribution in [0, 0.1) is 5.92 Å². The largest absolute Gasteiger partial charge is 0.480 e. The molecule has 208 valence electrons. The molecule has 0 aliphatic heterocycles.